The fourth-order valence-corrected chi connectivity index (χ4v) is 1.65. The Morgan fingerprint density at radius 3 is 2.83 bits per heavy atom. The molecule has 0 bridgehead atoms. The quantitative estimate of drug-likeness (QED) is 0.827. The lowest BCUT2D eigenvalue weighted by Crippen LogP contribution is -2.08. The van der Waals surface area contributed by atoms with E-state index in [2.05, 4.69) is 15.4 Å². The van der Waals surface area contributed by atoms with Gasteiger partial charge in [0.2, 0.25) is 0 Å². The van der Waals surface area contributed by atoms with Gasteiger partial charge in [-0.05, 0) is 36.2 Å². The van der Waals surface area contributed by atoms with Crippen molar-refractivity contribution in [2.24, 2.45) is 5.73 Å². The molecule has 5 nitrogen and oxygen atoms in total. The Bertz CT molecular complexity index is 497. The van der Waals surface area contributed by atoms with Gasteiger partial charge in [0.15, 0.2) is 5.82 Å². The number of hydrogen-bond acceptors (Lipinski definition) is 4. The maximum Gasteiger partial charge on any atom is 0.175 e. The Morgan fingerprint density at radius 1 is 1.22 bits per heavy atom. The maximum atomic E-state index is 13.4. The molecule has 0 unspecified atom stereocenters. The van der Waals surface area contributed by atoms with Crippen LogP contribution < -0.4 is 5.73 Å². The third-order valence-corrected chi connectivity index (χ3v) is 2.63. The Kier molecular flexibility index (Phi) is 4.35. The molecule has 0 saturated heterocycles. The molecule has 1 aromatic heterocycles. The molecule has 0 atom stereocenters. The second-order valence-corrected chi connectivity index (χ2v) is 4.04. The van der Waals surface area contributed by atoms with Gasteiger partial charge < -0.3 is 5.73 Å². The van der Waals surface area contributed by atoms with E-state index in [1.54, 1.807) is 12.1 Å². The van der Waals surface area contributed by atoms with E-state index in [1.165, 1.54) is 10.9 Å². The van der Waals surface area contributed by atoms with Crippen molar-refractivity contribution in [1.82, 2.24) is 20.2 Å². The van der Waals surface area contributed by atoms with Gasteiger partial charge in [0.25, 0.3) is 0 Å². The second kappa shape index (κ2) is 6.20. The number of aromatic nitrogens is 4. The molecule has 0 spiro atoms. The summed E-state index contributed by atoms with van der Waals surface area (Å²) in [7, 11) is 0. The van der Waals surface area contributed by atoms with Crippen LogP contribution in [-0.4, -0.2) is 26.8 Å². The Morgan fingerprint density at radius 2 is 2.06 bits per heavy atom. The first-order valence-corrected chi connectivity index (χ1v) is 6.00. The monoisotopic (exact) mass is 249 g/mol. The van der Waals surface area contributed by atoms with Crippen LogP contribution in [0.5, 0.6) is 0 Å². The van der Waals surface area contributed by atoms with Gasteiger partial charge in [-0.15, -0.1) is 10.2 Å². The number of halogens is 1. The van der Waals surface area contributed by atoms with Crippen LogP contribution in [-0.2, 0) is 19.4 Å². The summed E-state index contributed by atoms with van der Waals surface area (Å²) in [5, 5.41) is 12.1. The fourth-order valence-electron chi connectivity index (χ4n) is 1.65. The maximum absolute atomic E-state index is 13.4. The highest BCUT2D eigenvalue weighted by atomic mass is 19.1. The lowest BCUT2D eigenvalue weighted by atomic mass is 10.1. The first-order valence-electron chi connectivity index (χ1n) is 6.00. The van der Waals surface area contributed by atoms with Crippen molar-refractivity contribution in [2.45, 2.75) is 25.8 Å². The summed E-state index contributed by atoms with van der Waals surface area (Å²) < 4.78 is 13.4. The van der Waals surface area contributed by atoms with E-state index in [9.17, 15) is 4.39 Å². The molecule has 1 aromatic carbocycles. The number of rotatable bonds is 6. The van der Waals surface area contributed by atoms with Crippen molar-refractivity contribution < 1.29 is 4.39 Å². The lowest BCUT2D eigenvalue weighted by Gasteiger charge is -1.99. The van der Waals surface area contributed by atoms with Crippen molar-refractivity contribution in [2.75, 3.05) is 6.54 Å². The summed E-state index contributed by atoms with van der Waals surface area (Å²) >= 11 is 0. The van der Waals surface area contributed by atoms with Gasteiger partial charge in [0.1, 0.15) is 5.82 Å². The lowest BCUT2D eigenvalue weighted by molar-refractivity contribution is 0.502. The third-order valence-electron chi connectivity index (χ3n) is 2.63. The summed E-state index contributed by atoms with van der Waals surface area (Å²) in [6.45, 7) is 1.27. The summed E-state index contributed by atoms with van der Waals surface area (Å²) in [5.41, 5.74) is 6.08. The Labute approximate surface area is 105 Å². The van der Waals surface area contributed by atoms with Crippen LogP contribution in [0.15, 0.2) is 24.3 Å². The van der Waals surface area contributed by atoms with E-state index in [4.69, 9.17) is 5.73 Å². The van der Waals surface area contributed by atoms with Gasteiger partial charge >= 0.3 is 0 Å². The van der Waals surface area contributed by atoms with Crippen LogP contribution >= 0.6 is 0 Å². The molecule has 1 heterocycles. The largest absolute Gasteiger partial charge is 0.330 e. The molecular weight excluding hydrogens is 233 g/mol. The number of tetrazole rings is 1. The molecule has 0 aliphatic carbocycles. The van der Waals surface area contributed by atoms with Crippen LogP contribution in [0.2, 0.25) is 0 Å². The highest BCUT2D eigenvalue weighted by Crippen LogP contribution is 2.08. The van der Waals surface area contributed by atoms with Crippen molar-refractivity contribution in [1.29, 1.82) is 0 Å². The van der Waals surface area contributed by atoms with Gasteiger partial charge in [-0.2, -0.15) is 4.80 Å². The van der Waals surface area contributed by atoms with E-state index in [0.29, 0.717) is 37.3 Å². The van der Waals surface area contributed by atoms with Crippen LogP contribution in [0, 0.1) is 5.82 Å². The summed E-state index contributed by atoms with van der Waals surface area (Å²) in [5.74, 6) is 0.447. The number of benzene rings is 1. The number of nitrogens with zero attached hydrogens (tertiary/aromatic N) is 4. The number of hydrogen-bond donors (Lipinski definition) is 1. The average Bonchev–Trinajstić information content (AvgIpc) is 2.83. The number of nitrogens with two attached hydrogens (primary N) is 1. The molecule has 2 rings (SSSR count). The molecule has 96 valence electrons. The molecule has 0 amide bonds. The van der Waals surface area contributed by atoms with Crippen LogP contribution in [0.1, 0.15) is 17.8 Å². The minimum absolute atomic E-state index is 0.187. The van der Waals surface area contributed by atoms with E-state index >= 15 is 0 Å². The Hall–Kier alpha value is -1.82. The third kappa shape index (κ3) is 3.33. The first kappa shape index (κ1) is 12.6. The van der Waals surface area contributed by atoms with Crippen molar-refractivity contribution >= 4 is 0 Å². The molecule has 0 radical (unpaired) electrons. The van der Waals surface area contributed by atoms with E-state index in [0.717, 1.165) is 6.42 Å². The van der Waals surface area contributed by atoms with Crippen molar-refractivity contribution in [3.05, 3.63) is 41.5 Å². The summed E-state index contributed by atoms with van der Waals surface area (Å²) in [6, 6.07) is 6.74. The predicted molar refractivity (Wildman–Crippen MR) is 65.3 cm³/mol. The van der Waals surface area contributed by atoms with Gasteiger partial charge in [-0.1, -0.05) is 18.2 Å². The first-order chi connectivity index (χ1) is 8.79. The van der Waals surface area contributed by atoms with Crippen LogP contribution in [0.3, 0.4) is 0 Å². The molecule has 18 heavy (non-hydrogen) atoms. The molecule has 2 aromatic rings. The smallest absolute Gasteiger partial charge is 0.175 e. The van der Waals surface area contributed by atoms with Gasteiger partial charge in [0, 0.05) is 6.42 Å². The predicted octanol–water partition coefficient (Wildman–Crippen LogP) is 0.946. The molecule has 0 aliphatic heterocycles. The zero-order valence-corrected chi connectivity index (χ0v) is 10.1. The molecule has 6 heteroatoms. The second-order valence-electron chi connectivity index (χ2n) is 4.04. The standard InChI is InChI=1S/C12H16FN5/c13-11-5-2-1-4-10(11)6-7-12-15-17-18(16-12)9-3-8-14/h1-2,4-5H,3,6-9,14H2. The minimum Gasteiger partial charge on any atom is -0.330 e. The van der Waals surface area contributed by atoms with Gasteiger partial charge in [-0.3, -0.25) is 0 Å². The topological polar surface area (TPSA) is 69.6 Å². The zero-order chi connectivity index (χ0) is 12.8. The normalized spacial score (nSPS) is 10.8. The molecule has 0 saturated carbocycles. The summed E-state index contributed by atoms with van der Waals surface area (Å²) in [6.07, 6.45) is 1.99. The minimum atomic E-state index is -0.187. The van der Waals surface area contributed by atoms with Crippen molar-refractivity contribution in [3.63, 3.8) is 0 Å². The highest BCUT2D eigenvalue weighted by Gasteiger charge is 2.05. The van der Waals surface area contributed by atoms with Crippen LogP contribution in [0.25, 0.3) is 0 Å². The van der Waals surface area contributed by atoms with Crippen molar-refractivity contribution in [3.8, 4) is 0 Å². The van der Waals surface area contributed by atoms with Gasteiger partial charge in [0.05, 0.1) is 6.54 Å². The highest BCUT2D eigenvalue weighted by molar-refractivity contribution is 5.17. The van der Waals surface area contributed by atoms with E-state index < -0.39 is 0 Å². The average molecular weight is 249 g/mol. The molecule has 0 fully saturated rings. The number of aryl methyl sites for hydroxylation is 3. The van der Waals surface area contributed by atoms with Crippen LogP contribution in [0.4, 0.5) is 4.39 Å². The Balaban J connectivity index is 1.90. The molecule has 2 N–H and O–H groups in total. The molecule has 0 aliphatic rings. The zero-order valence-electron chi connectivity index (χ0n) is 10.1. The fraction of sp³-hybridized carbons (Fsp3) is 0.417. The SMILES string of the molecule is NCCCn1nnc(CCc2ccccc2F)n1. The van der Waals surface area contributed by atoms with E-state index in [-0.39, 0.29) is 5.82 Å². The molecular formula is C12H16FN5. The van der Waals surface area contributed by atoms with Gasteiger partial charge in [-0.25, -0.2) is 4.39 Å². The summed E-state index contributed by atoms with van der Waals surface area (Å²) in [4.78, 5) is 1.53. The van der Waals surface area contributed by atoms with E-state index in [1.807, 2.05) is 6.07 Å².